The summed E-state index contributed by atoms with van der Waals surface area (Å²) in [6.45, 7) is 2.06. The fraction of sp³-hybridized carbons (Fsp3) is 0.375. The lowest BCUT2D eigenvalue weighted by molar-refractivity contribution is -0.124. The largest absolute Gasteiger partial charge is 0.453 e. The number of rotatable bonds is 5. The third kappa shape index (κ3) is 3.38. The van der Waals surface area contributed by atoms with Crippen LogP contribution in [0.25, 0.3) is 0 Å². The van der Waals surface area contributed by atoms with Gasteiger partial charge in [-0.3, -0.25) is 9.46 Å². The average Bonchev–Trinajstić information content (AvgIpc) is 3.43. The van der Waals surface area contributed by atoms with E-state index in [9.17, 15) is 14.4 Å². The van der Waals surface area contributed by atoms with Crippen LogP contribution in [0.2, 0.25) is 0 Å². The molecule has 2 bridgehead atoms. The summed E-state index contributed by atoms with van der Waals surface area (Å²) in [6.07, 6.45) is 0.0811. The zero-order valence-corrected chi connectivity index (χ0v) is 18.1. The maximum Gasteiger partial charge on any atom is 0.338 e. The molecule has 160 valence electrons. The van der Waals surface area contributed by atoms with Gasteiger partial charge in [0.15, 0.2) is 12.2 Å². The summed E-state index contributed by atoms with van der Waals surface area (Å²) in [6, 6.07) is 17.3. The predicted octanol–water partition coefficient (Wildman–Crippen LogP) is 3.32. The van der Waals surface area contributed by atoms with Crippen LogP contribution in [0.4, 0.5) is 0 Å². The molecule has 7 heteroatoms. The first-order valence-electron chi connectivity index (χ1n) is 10.6. The molecular weight excluding hydrogens is 413 g/mol. The van der Waals surface area contributed by atoms with Gasteiger partial charge in [0.05, 0.1) is 23.2 Å². The number of hydrogen-bond acceptors (Lipinski definition) is 6. The summed E-state index contributed by atoms with van der Waals surface area (Å²) < 4.78 is 14.2. The molecule has 3 aliphatic rings. The van der Waals surface area contributed by atoms with Crippen molar-refractivity contribution in [3.05, 3.63) is 71.8 Å². The van der Waals surface area contributed by atoms with Crippen LogP contribution in [0.1, 0.15) is 33.6 Å². The molecule has 5 rings (SSSR count). The van der Waals surface area contributed by atoms with Crippen LogP contribution in [0, 0.1) is 11.8 Å². The highest BCUT2D eigenvalue weighted by Gasteiger charge is 2.68. The van der Waals surface area contributed by atoms with E-state index in [0.717, 1.165) is 6.42 Å². The molecule has 0 spiro atoms. The van der Waals surface area contributed by atoms with Gasteiger partial charge in [0, 0.05) is 12.3 Å². The number of fused-ring (bicyclic) bond motifs is 5. The second-order valence-corrected chi connectivity index (χ2v) is 9.24. The first kappa shape index (κ1) is 20.3. The number of hydrogen-bond donors (Lipinski definition) is 0. The highest BCUT2D eigenvalue weighted by molar-refractivity contribution is 7.34. The van der Waals surface area contributed by atoms with Crippen molar-refractivity contribution in [3.8, 4) is 0 Å². The lowest BCUT2D eigenvalue weighted by atomic mass is 9.78. The van der Waals surface area contributed by atoms with Crippen LogP contribution in [-0.4, -0.2) is 53.3 Å². The van der Waals surface area contributed by atoms with Crippen LogP contribution < -0.4 is 0 Å². The Hall–Kier alpha value is -2.56. The van der Waals surface area contributed by atoms with Gasteiger partial charge in [0.2, 0.25) is 0 Å². The predicted molar refractivity (Wildman–Crippen MR) is 116 cm³/mol. The number of Topliss-reactive ketones (excluding diaryl/α,β-unsaturated/α-hetero) is 1. The van der Waals surface area contributed by atoms with Crippen LogP contribution >= 0.6 is 8.73 Å². The maximum atomic E-state index is 12.9. The van der Waals surface area contributed by atoms with E-state index in [2.05, 4.69) is 11.3 Å². The summed E-state index contributed by atoms with van der Waals surface area (Å²) in [4.78, 5) is 38.5. The van der Waals surface area contributed by atoms with E-state index in [0.29, 0.717) is 26.3 Å². The molecule has 2 aromatic carbocycles. The number of esters is 2. The van der Waals surface area contributed by atoms with Crippen molar-refractivity contribution in [2.75, 3.05) is 6.66 Å². The van der Waals surface area contributed by atoms with Gasteiger partial charge in [-0.25, -0.2) is 9.59 Å². The molecule has 0 radical (unpaired) electrons. The number of ether oxygens (including phenoxy) is 2. The van der Waals surface area contributed by atoms with Gasteiger partial charge in [-0.2, -0.15) is 0 Å². The SMILES string of the molecule is CPN1C2C3CCC(=O)C3C1C(OC(=O)c1ccccc1)C2OC(=O)c1ccccc1. The van der Waals surface area contributed by atoms with E-state index in [4.69, 9.17) is 9.47 Å². The molecule has 2 saturated heterocycles. The Morgan fingerprint density at radius 2 is 1.39 bits per heavy atom. The number of ketones is 1. The molecule has 31 heavy (non-hydrogen) atoms. The number of nitrogens with zero attached hydrogens (tertiary/aromatic N) is 1. The highest BCUT2D eigenvalue weighted by atomic mass is 31.1. The number of carbonyl (C=O) groups excluding carboxylic acids is 3. The molecule has 0 aromatic heterocycles. The summed E-state index contributed by atoms with van der Waals surface area (Å²) in [5.41, 5.74) is 0.904. The smallest absolute Gasteiger partial charge is 0.338 e. The monoisotopic (exact) mass is 437 g/mol. The lowest BCUT2D eigenvalue weighted by Crippen LogP contribution is -2.50. The Morgan fingerprint density at radius 1 is 0.871 bits per heavy atom. The summed E-state index contributed by atoms with van der Waals surface area (Å²) in [5, 5.41) is 0. The van der Waals surface area contributed by atoms with Crippen molar-refractivity contribution in [1.29, 1.82) is 0 Å². The van der Waals surface area contributed by atoms with Gasteiger partial charge in [0.1, 0.15) is 5.78 Å². The molecule has 2 heterocycles. The summed E-state index contributed by atoms with van der Waals surface area (Å²) in [7, 11) is 0.430. The van der Waals surface area contributed by atoms with Crippen molar-refractivity contribution in [1.82, 2.24) is 4.67 Å². The van der Waals surface area contributed by atoms with Crippen molar-refractivity contribution < 1.29 is 23.9 Å². The fourth-order valence-electron chi connectivity index (χ4n) is 5.56. The second kappa shape index (κ2) is 8.18. The Labute approximate surface area is 182 Å². The Morgan fingerprint density at radius 3 is 1.90 bits per heavy atom. The second-order valence-electron chi connectivity index (χ2n) is 8.28. The fourth-order valence-corrected chi connectivity index (χ4v) is 6.80. The molecule has 0 N–H and O–H groups in total. The molecule has 6 nitrogen and oxygen atoms in total. The van der Waals surface area contributed by atoms with E-state index in [-0.39, 0.29) is 29.7 Å². The minimum absolute atomic E-state index is 0.106. The molecule has 2 aliphatic heterocycles. The molecule has 2 aromatic rings. The van der Waals surface area contributed by atoms with E-state index >= 15 is 0 Å². The van der Waals surface area contributed by atoms with Crippen LogP contribution in [-0.2, 0) is 14.3 Å². The van der Waals surface area contributed by atoms with Gasteiger partial charge >= 0.3 is 11.9 Å². The summed E-state index contributed by atoms with van der Waals surface area (Å²) in [5.74, 6) is -0.670. The maximum absolute atomic E-state index is 12.9. The van der Waals surface area contributed by atoms with E-state index in [1.165, 1.54) is 0 Å². The molecule has 0 amide bonds. The quantitative estimate of drug-likeness (QED) is 0.528. The molecular formula is C24H24NO5P. The molecule has 7 atom stereocenters. The topological polar surface area (TPSA) is 72.9 Å². The Kier molecular flexibility index (Phi) is 5.37. The van der Waals surface area contributed by atoms with Crippen molar-refractivity contribution in [2.24, 2.45) is 11.8 Å². The van der Waals surface area contributed by atoms with Crippen molar-refractivity contribution in [3.63, 3.8) is 0 Å². The first-order chi connectivity index (χ1) is 15.1. The van der Waals surface area contributed by atoms with Gasteiger partial charge in [-0.1, -0.05) is 45.1 Å². The lowest BCUT2D eigenvalue weighted by Gasteiger charge is -2.34. The Balaban J connectivity index is 1.47. The van der Waals surface area contributed by atoms with E-state index in [1.54, 1.807) is 48.5 Å². The molecule has 7 unspecified atom stereocenters. The summed E-state index contributed by atoms with van der Waals surface area (Å²) >= 11 is 0. The van der Waals surface area contributed by atoms with Gasteiger partial charge in [0.25, 0.3) is 0 Å². The highest BCUT2D eigenvalue weighted by Crippen LogP contribution is 2.56. The number of carbonyl (C=O) groups is 3. The van der Waals surface area contributed by atoms with Crippen LogP contribution in [0.3, 0.4) is 0 Å². The molecule has 1 aliphatic carbocycles. The first-order valence-corrected chi connectivity index (χ1v) is 12.1. The Bertz CT molecular complexity index is 998. The van der Waals surface area contributed by atoms with Gasteiger partial charge < -0.3 is 9.47 Å². The standard InChI is InChI=1S/C24H24NO5P/c1-31-25-19-16-12-13-17(26)18(16)20(25)22(30-24(28)15-10-6-3-7-11-15)21(19)29-23(27)14-8-4-2-5-9-14/h2-11,16,18-22,31H,12-13H2,1H3. The van der Waals surface area contributed by atoms with Crippen LogP contribution in [0.15, 0.2) is 60.7 Å². The minimum atomic E-state index is -0.666. The normalized spacial score (nSPS) is 31.8. The van der Waals surface area contributed by atoms with Gasteiger partial charge in [-0.05, 0) is 43.3 Å². The molecule has 1 saturated carbocycles. The van der Waals surface area contributed by atoms with Gasteiger partial charge in [-0.15, -0.1) is 0 Å². The minimum Gasteiger partial charge on any atom is -0.453 e. The van der Waals surface area contributed by atoms with Crippen LogP contribution in [0.5, 0.6) is 0 Å². The van der Waals surface area contributed by atoms with E-state index in [1.807, 2.05) is 12.1 Å². The van der Waals surface area contributed by atoms with Crippen molar-refractivity contribution in [2.45, 2.75) is 37.1 Å². The molecule has 3 fully saturated rings. The zero-order chi connectivity index (χ0) is 21.5. The number of benzene rings is 2. The average molecular weight is 437 g/mol. The zero-order valence-electron chi connectivity index (χ0n) is 17.1. The van der Waals surface area contributed by atoms with E-state index < -0.39 is 24.1 Å². The van der Waals surface area contributed by atoms with Crippen molar-refractivity contribution >= 4 is 26.5 Å². The third-order valence-electron chi connectivity index (χ3n) is 6.77. The third-order valence-corrected chi connectivity index (χ3v) is 7.88.